The number of rotatable bonds is 2. The van der Waals surface area contributed by atoms with Crippen LogP contribution in [0.25, 0.3) is 6.08 Å². The molecule has 1 aromatic carbocycles. The van der Waals surface area contributed by atoms with Crippen LogP contribution in [-0.2, 0) is 4.79 Å². The summed E-state index contributed by atoms with van der Waals surface area (Å²) < 4.78 is 0. The molecule has 1 rings (SSSR count). The number of benzene rings is 1. The van der Waals surface area contributed by atoms with Crippen molar-refractivity contribution in [1.29, 1.82) is 0 Å². The van der Waals surface area contributed by atoms with E-state index in [0.717, 1.165) is 5.56 Å². The SMILES string of the molecule is Cc1ccc(/C=C/C(=O)N(C)O)cc1. The minimum Gasteiger partial charge on any atom is -0.286 e. The van der Waals surface area contributed by atoms with Crippen molar-refractivity contribution < 1.29 is 10.0 Å². The molecule has 3 heteroatoms. The number of hydroxylamine groups is 2. The lowest BCUT2D eigenvalue weighted by atomic mass is 10.1. The molecule has 0 atom stereocenters. The van der Waals surface area contributed by atoms with E-state index in [1.165, 1.54) is 18.7 Å². The predicted molar refractivity (Wildman–Crippen MR) is 54.8 cm³/mol. The molecule has 14 heavy (non-hydrogen) atoms. The molecule has 0 radical (unpaired) electrons. The Hall–Kier alpha value is -1.61. The molecule has 3 nitrogen and oxygen atoms in total. The van der Waals surface area contributed by atoms with E-state index in [9.17, 15) is 4.79 Å². The van der Waals surface area contributed by atoms with Crippen molar-refractivity contribution in [2.24, 2.45) is 0 Å². The first kappa shape index (κ1) is 10.5. The van der Waals surface area contributed by atoms with Gasteiger partial charge < -0.3 is 0 Å². The van der Waals surface area contributed by atoms with Crippen molar-refractivity contribution in [3.05, 3.63) is 41.5 Å². The number of carbonyl (C=O) groups excluding carboxylic acids is 1. The summed E-state index contributed by atoms with van der Waals surface area (Å²) in [5.41, 5.74) is 2.11. The van der Waals surface area contributed by atoms with E-state index in [1.54, 1.807) is 6.08 Å². The Labute approximate surface area is 83.2 Å². The summed E-state index contributed by atoms with van der Waals surface area (Å²) in [6.45, 7) is 2.00. The summed E-state index contributed by atoms with van der Waals surface area (Å²) in [6, 6.07) is 7.76. The fourth-order valence-electron chi connectivity index (χ4n) is 0.953. The summed E-state index contributed by atoms with van der Waals surface area (Å²) in [6.07, 6.45) is 2.99. The number of hydrogen-bond acceptors (Lipinski definition) is 2. The number of hydrogen-bond donors (Lipinski definition) is 1. The van der Waals surface area contributed by atoms with Crippen molar-refractivity contribution in [1.82, 2.24) is 5.06 Å². The maximum atomic E-state index is 11.0. The highest BCUT2D eigenvalue weighted by molar-refractivity contribution is 5.90. The summed E-state index contributed by atoms with van der Waals surface area (Å²) >= 11 is 0. The molecular formula is C11H13NO2. The maximum absolute atomic E-state index is 11.0. The van der Waals surface area contributed by atoms with Gasteiger partial charge in [-0.2, -0.15) is 0 Å². The van der Waals surface area contributed by atoms with Gasteiger partial charge in [-0.25, -0.2) is 5.06 Å². The number of nitrogens with zero attached hydrogens (tertiary/aromatic N) is 1. The highest BCUT2D eigenvalue weighted by Crippen LogP contribution is 2.04. The molecule has 0 aliphatic carbocycles. The summed E-state index contributed by atoms with van der Waals surface area (Å²) in [5, 5.41) is 9.32. The van der Waals surface area contributed by atoms with Crippen LogP contribution in [0.4, 0.5) is 0 Å². The molecule has 0 spiro atoms. The third-order valence-electron chi connectivity index (χ3n) is 1.81. The van der Waals surface area contributed by atoms with Gasteiger partial charge >= 0.3 is 0 Å². The molecule has 0 aromatic heterocycles. The zero-order valence-corrected chi connectivity index (χ0v) is 8.27. The second-order valence-corrected chi connectivity index (χ2v) is 3.11. The normalized spacial score (nSPS) is 10.5. The van der Waals surface area contributed by atoms with Crippen LogP contribution < -0.4 is 0 Å². The first-order valence-electron chi connectivity index (χ1n) is 4.31. The Morgan fingerprint density at radius 3 is 2.43 bits per heavy atom. The van der Waals surface area contributed by atoms with E-state index in [-0.39, 0.29) is 0 Å². The zero-order valence-electron chi connectivity index (χ0n) is 8.27. The highest BCUT2D eigenvalue weighted by Gasteiger charge is 1.98. The predicted octanol–water partition coefficient (Wildman–Crippen LogP) is 1.86. The minimum absolute atomic E-state index is 0.439. The van der Waals surface area contributed by atoms with E-state index in [0.29, 0.717) is 5.06 Å². The third kappa shape index (κ3) is 3.03. The number of likely N-dealkylation sites (N-methyl/N-ethyl adjacent to an activating group) is 1. The minimum atomic E-state index is -0.439. The van der Waals surface area contributed by atoms with Crippen LogP contribution in [0, 0.1) is 6.92 Å². The van der Waals surface area contributed by atoms with Gasteiger partial charge in [0.25, 0.3) is 5.91 Å². The lowest BCUT2D eigenvalue weighted by Crippen LogP contribution is -2.19. The van der Waals surface area contributed by atoms with E-state index in [2.05, 4.69) is 0 Å². The Bertz CT molecular complexity index is 339. The summed E-state index contributed by atoms with van der Waals surface area (Å²) in [4.78, 5) is 11.0. The van der Waals surface area contributed by atoms with Crippen LogP contribution in [0.3, 0.4) is 0 Å². The van der Waals surface area contributed by atoms with E-state index >= 15 is 0 Å². The third-order valence-corrected chi connectivity index (χ3v) is 1.81. The van der Waals surface area contributed by atoms with E-state index in [1.807, 2.05) is 31.2 Å². The van der Waals surface area contributed by atoms with Crippen LogP contribution in [-0.4, -0.2) is 23.2 Å². The first-order valence-corrected chi connectivity index (χ1v) is 4.31. The lowest BCUT2D eigenvalue weighted by molar-refractivity contribution is -0.153. The molecule has 0 aliphatic heterocycles. The van der Waals surface area contributed by atoms with Gasteiger partial charge in [0.1, 0.15) is 0 Å². The second-order valence-electron chi connectivity index (χ2n) is 3.11. The van der Waals surface area contributed by atoms with Gasteiger partial charge in [0.2, 0.25) is 0 Å². The molecule has 0 unspecified atom stereocenters. The summed E-state index contributed by atoms with van der Waals surface area (Å²) in [7, 11) is 1.29. The molecule has 1 N–H and O–H groups in total. The molecule has 0 saturated heterocycles. The zero-order chi connectivity index (χ0) is 10.6. The molecule has 0 heterocycles. The molecule has 0 saturated carbocycles. The van der Waals surface area contributed by atoms with Crippen molar-refractivity contribution in [3.63, 3.8) is 0 Å². The van der Waals surface area contributed by atoms with Crippen molar-refractivity contribution >= 4 is 12.0 Å². The first-order chi connectivity index (χ1) is 6.59. The van der Waals surface area contributed by atoms with Gasteiger partial charge in [-0.1, -0.05) is 29.8 Å². The topological polar surface area (TPSA) is 40.5 Å². The fraction of sp³-hybridized carbons (Fsp3) is 0.182. The maximum Gasteiger partial charge on any atom is 0.269 e. The van der Waals surface area contributed by atoms with Gasteiger partial charge in [-0.15, -0.1) is 0 Å². The molecule has 1 amide bonds. The molecule has 0 bridgehead atoms. The van der Waals surface area contributed by atoms with E-state index in [4.69, 9.17) is 5.21 Å². The van der Waals surface area contributed by atoms with Crippen LogP contribution in [0.15, 0.2) is 30.3 Å². The Kier molecular flexibility index (Phi) is 3.42. The molecule has 1 aromatic rings. The lowest BCUT2D eigenvalue weighted by Gasteiger charge is -2.02. The number of aryl methyl sites for hydroxylation is 1. The standard InChI is InChI=1S/C11H13NO2/c1-9-3-5-10(6-4-9)7-8-11(13)12(2)14/h3-8,14H,1-2H3/b8-7+. The average molecular weight is 191 g/mol. The van der Waals surface area contributed by atoms with Crippen LogP contribution in [0.1, 0.15) is 11.1 Å². The fourth-order valence-corrected chi connectivity index (χ4v) is 0.953. The number of carbonyl (C=O) groups is 1. The van der Waals surface area contributed by atoms with Gasteiger partial charge in [0.15, 0.2) is 0 Å². The van der Waals surface area contributed by atoms with Gasteiger partial charge in [-0.3, -0.25) is 10.0 Å². The molecular weight excluding hydrogens is 178 g/mol. The van der Waals surface area contributed by atoms with Crippen molar-refractivity contribution in [2.45, 2.75) is 6.92 Å². The smallest absolute Gasteiger partial charge is 0.269 e. The van der Waals surface area contributed by atoms with Crippen molar-refractivity contribution in [3.8, 4) is 0 Å². The molecule has 0 aliphatic rings. The average Bonchev–Trinajstić information content (AvgIpc) is 2.16. The second kappa shape index (κ2) is 4.58. The quantitative estimate of drug-likeness (QED) is 0.440. The molecule has 74 valence electrons. The largest absolute Gasteiger partial charge is 0.286 e. The van der Waals surface area contributed by atoms with Crippen LogP contribution in [0.5, 0.6) is 0 Å². The van der Waals surface area contributed by atoms with E-state index < -0.39 is 5.91 Å². The van der Waals surface area contributed by atoms with Gasteiger partial charge in [0.05, 0.1) is 0 Å². The van der Waals surface area contributed by atoms with Crippen LogP contribution >= 0.6 is 0 Å². The molecule has 0 fully saturated rings. The van der Waals surface area contributed by atoms with Gasteiger partial charge in [-0.05, 0) is 18.6 Å². The number of amides is 1. The Balaban J connectivity index is 2.69. The summed E-state index contributed by atoms with van der Waals surface area (Å²) in [5.74, 6) is -0.439. The Morgan fingerprint density at radius 1 is 1.36 bits per heavy atom. The monoisotopic (exact) mass is 191 g/mol. The van der Waals surface area contributed by atoms with Gasteiger partial charge in [0, 0.05) is 13.1 Å². The Morgan fingerprint density at radius 2 is 1.93 bits per heavy atom. The highest BCUT2D eigenvalue weighted by atomic mass is 16.5. The van der Waals surface area contributed by atoms with Crippen molar-refractivity contribution in [2.75, 3.05) is 7.05 Å². The van der Waals surface area contributed by atoms with Crippen LogP contribution in [0.2, 0.25) is 0 Å².